The van der Waals surface area contributed by atoms with Gasteiger partial charge in [-0.05, 0) is 37.6 Å². The standard InChI is InChI=1S/C14H17NO3S2/c1-3-10-18-13-7-5-4-6-12(13)15-20(16,17)14-9-8-11(2)19-14/h4-9,15H,3,10H2,1-2H3. The fraction of sp³-hybridized carbons (Fsp3) is 0.286. The molecule has 1 N–H and O–H groups in total. The van der Waals surface area contributed by atoms with Gasteiger partial charge in [-0.3, -0.25) is 4.72 Å². The molecule has 0 spiro atoms. The van der Waals surface area contributed by atoms with Crippen molar-refractivity contribution in [3.63, 3.8) is 0 Å². The largest absolute Gasteiger partial charge is 0.491 e. The number of sulfonamides is 1. The van der Waals surface area contributed by atoms with Crippen LogP contribution in [0.1, 0.15) is 18.2 Å². The smallest absolute Gasteiger partial charge is 0.271 e. The molecule has 0 radical (unpaired) electrons. The van der Waals surface area contributed by atoms with Crippen molar-refractivity contribution < 1.29 is 13.2 Å². The number of rotatable bonds is 6. The van der Waals surface area contributed by atoms with Gasteiger partial charge in [-0.25, -0.2) is 8.42 Å². The second-order valence-corrected chi connectivity index (χ2v) is 7.51. The number of aryl methyl sites for hydroxylation is 1. The lowest BCUT2D eigenvalue weighted by Crippen LogP contribution is -2.12. The van der Waals surface area contributed by atoms with Crippen LogP contribution in [0.2, 0.25) is 0 Å². The number of benzene rings is 1. The van der Waals surface area contributed by atoms with Gasteiger partial charge in [0.2, 0.25) is 0 Å². The molecule has 0 bridgehead atoms. The van der Waals surface area contributed by atoms with E-state index in [9.17, 15) is 8.42 Å². The van der Waals surface area contributed by atoms with Crippen LogP contribution in [0.5, 0.6) is 5.75 Å². The van der Waals surface area contributed by atoms with Crippen LogP contribution in [0.3, 0.4) is 0 Å². The van der Waals surface area contributed by atoms with E-state index in [1.54, 1.807) is 30.3 Å². The molecule has 0 unspecified atom stereocenters. The van der Waals surface area contributed by atoms with E-state index in [1.165, 1.54) is 11.3 Å². The minimum atomic E-state index is -3.55. The van der Waals surface area contributed by atoms with Crippen molar-refractivity contribution in [2.75, 3.05) is 11.3 Å². The molecule has 108 valence electrons. The first-order chi connectivity index (χ1) is 9.53. The molecule has 6 heteroatoms. The molecule has 4 nitrogen and oxygen atoms in total. The highest BCUT2D eigenvalue weighted by Crippen LogP contribution is 2.28. The van der Waals surface area contributed by atoms with Crippen molar-refractivity contribution in [1.29, 1.82) is 0 Å². The first kappa shape index (κ1) is 14.9. The molecule has 0 aliphatic carbocycles. The van der Waals surface area contributed by atoms with Crippen LogP contribution in [-0.2, 0) is 10.0 Å². The van der Waals surface area contributed by atoms with Gasteiger partial charge >= 0.3 is 0 Å². The van der Waals surface area contributed by atoms with Crippen LogP contribution in [0.25, 0.3) is 0 Å². The Bertz CT molecular complexity index is 677. The van der Waals surface area contributed by atoms with Gasteiger partial charge < -0.3 is 4.74 Å². The average molecular weight is 311 g/mol. The van der Waals surface area contributed by atoms with Crippen LogP contribution in [-0.4, -0.2) is 15.0 Å². The summed E-state index contributed by atoms with van der Waals surface area (Å²) in [5.41, 5.74) is 0.465. The zero-order valence-electron chi connectivity index (χ0n) is 11.4. The summed E-state index contributed by atoms with van der Waals surface area (Å²) in [6.45, 7) is 4.43. The zero-order valence-corrected chi connectivity index (χ0v) is 13.1. The van der Waals surface area contributed by atoms with E-state index < -0.39 is 10.0 Å². The molecular formula is C14H17NO3S2. The normalized spacial score (nSPS) is 11.3. The lowest BCUT2D eigenvalue weighted by Gasteiger charge is -2.12. The van der Waals surface area contributed by atoms with E-state index in [2.05, 4.69) is 4.72 Å². The Morgan fingerprint density at radius 2 is 1.95 bits per heavy atom. The maximum Gasteiger partial charge on any atom is 0.271 e. The van der Waals surface area contributed by atoms with E-state index in [0.29, 0.717) is 22.3 Å². The lowest BCUT2D eigenvalue weighted by atomic mass is 10.3. The molecule has 0 aliphatic rings. The predicted octanol–water partition coefficient (Wildman–Crippen LogP) is 3.65. The molecule has 0 amide bonds. The molecular weight excluding hydrogens is 294 g/mol. The number of nitrogens with one attached hydrogen (secondary N) is 1. The number of hydrogen-bond donors (Lipinski definition) is 1. The highest BCUT2D eigenvalue weighted by atomic mass is 32.2. The topological polar surface area (TPSA) is 55.4 Å². The third kappa shape index (κ3) is 3.52. The molecule has 0 saturated carbocycles. The molecule has 0 aliphatic heterocycles. The highest BCUT2D eigenvalue weighted by molar-refractivity contribution is 7.94. The molecule has 0 fully saturated rings. The first-order valence-electron chi connectivity index (χ1n) is 6.34. The molecule has 1 heterocycles. The Kier molecular flexibility index (Phi) is 4.67. The second kappa shape index (κ2) is 6.28. The van der Waals surface area contributed by atoms with Crippen LogP contribution < -0.4 is 9.46 Å². The van der Waals surface area contributed by atoms with Crippen molar-refractivity contribution in [3.8, 4) is 5.75 Å². The summed E-state index contributed by atoms with van der Waals surface area (Å²) in [6, 6.07) is 10.4. The van der Waals surface area contributed by atoms with Crippen LogP contribution in [0.4, 0.5) is 5.69 Å². The minimum absolute atomic E-state index is 0.306. The summed E-state index contributed by atoms with van der Waals surface area (Å²) in [7, 11) is -3.55. The zero-order chi connectivity index (χ0) is 14.6. The highest BCUT2D eigenvalue weighted by Gasteiger charge is 2.18. The maximum absolute atomic E-state index is 12.3. The van der Waals surface area contributed by atoms with Crippen molar-refractivity contribution in [2.45, 2.75) is 24.5 Å². The minimum Gasteiger partial charge on any atom is -0.491 e. The number of para-hydroxylation sites is 2. The van der Waals surface area contributed by atoms with Gasteiger partial charge in [-0.2, -0.15) is 0 Å². The fourth-order valence-corrected chi connectivity index (χ4v) is 3.99. The molecule has 0 atom stereocenters. The Morgan fingerprint density at radius 3 is 2.60 bits per heavy atom. The Hall–Kier alpha value is -1.53. The Labute approximate surface area is 123 Å². The fourth-order valence-electron chi connectivity index (χ4n) is 1.64. The van der Waals surface area contributed by atoms with Crippen molar-refractivity contribution in [3.05, 3.63) is 41.3 Å². The third-order valence-electron chi connectivity index (χ3n) is 2.57. The maximum atomic E-state index is 12.3. The van der Waals surface area contributed by atoms with E-state index in [0.717, 1.165) is 11.3 Å². The summed E-state index contributed by atoms with van der Waals surface area (Å²) in [6.07, 6.45) is 0.866. The molecule has 2 rings (SSSR count). The van der Waals surface area contributed by atoms with Crippen LogP contribution >= 0.6 is 11.3 Å². The molecule has 1 aromatic carbocycles. The first-order valence-corrected chi connectivity index (χ1v) is 8.64. The summed E-state index contributed by atoms with van der Waals surface area (Å²) >= 11 is 1.25. The monoisotopic (exact) mass is 311 g/mol. The van der Waals surface area contributed by atoms with E-state index in [1.807, 2.05) is 19.9 Å². The molecule has 2 aromatic rings. The third-order valence-corrected chi connectivity index (χ3v) is 5.43. The Balaban J connectivity index is 2.25. The van der Waals surface area contributed by atoms with Gasteiger partial charge in [0.05, 0.1) is 12.3 Å². The van der Waals surface area contributed by atoms with Crippen LogP contribution in [0.15, 0.2) is 40.6 Å². The van der Waals surface area contributed by atoms with Gasteiger partial charge in [0, 0.05) is 4.88 Å². The predicted molar refractivity (Wildman–Crippen MR) is 82.1 cm³/mol. The van der Waals surface area contributed by atoms with Crippen molar-refractivity contribution in [1.82, 2.24) is 0 Å². The van der Waals surface area contributed by atoms with Gasteiger partial charge in [-0.1, -0.05) is 19.1 Å². The number of thiophene rings is 1. The molecule has 1 aromatic heterocycles. The van der Waals surface area contributed by atoms with Crippen molar-refractivity contribution >= 4 is 27.0 Å². The number of ether oxygens (including phenoxy) is 1. The summed E-state index contributed by atoms with van der Waals surface area (Å²) < 4.78 is 33.0. The molecule has 20 heavy (non-hydrogen) atoms. The van der Waals surface area contributed by atoms with Crippen molar-refractivity contribution in [2.24, 2.45) is 0 Å². The molecule has 0 saturated heterocycles. The lowest BCUT2D eigenvalue weighted by molar-refractivity contribution is 0.319. The van der Waals surface area contributed by atoms with E-state index in [-0.39, 0.29) is 0 Å². The summed E-state index contributed by atoms with van der Waals surface area (Å²) in [5.74, 6) is 0.547. The number of anilines is 1. The van der Waals surface area contributed by atoms with Gasteiger partial charge in [0.25, 0.3) is 10.0 Å². The van der Waals surface area contributed by atoms with E-state index >= 15 is 0 Å². The second-order valence-electron chi connectivity index (χ2n) is 4.32. The van der Waals surface area contributed by atoms with Gasteiger partial charge in [0.15, 0.2) is 0 Å². The summed E-state index contributed by atoms with van der Waals surface area (Å²) in [4.78, 5) is 0.959. The van der Waals surface area contributed by atoms with Gasteiger partial charge in [0.1, 0.15) is 9.96 Å². The van der Waals surface area contributed by atoms with E-state index in [4.69, 9.17) is 4.74 Å². The van der Waals surface area contributed by atoms with Crippen LogP contribution in [0, 0.1) is 6.92 Å². The van der Waals surface area contributed by atoms with Gasteiger partial charge in [-0.15, -0.1) is 11.3 Å². The average Bonchev–Trinajstić information content (AvgIpc) is 2.85. The Morgan fingerprint density at radius 1 is 1.20 bits per heavy atom. The quantitative estimate of drug-likeness (QED) is 0.886. The summed E-state index contributed by atoms with van der Waals surface area (Å²) in [5, 5.41) is 0. The SMILES string of the molecule is CCCOc1ccccc1NS(=O)(=O)c1ccc(C)s1. The number of hydrogen-bond acceptors (Lipinski definition) is 4.